The summed E-state index contributed by atoms with van der Waals surface area (Å²) in [4.78, 5) is 24.9. The summed E-state index contributed by atoms with van der Waals surface area (Å²) < 4.78 is 10.2. The van der Waals surface area contributed by atoms with Crippen molar-refractivity contribution in [2.24, 2.45) is 0 Å². The second-order valence-corrected chi connectivity index (χ2v) is 7.52. The fraction of sp³-hybridized carbons (Fsp3) is 0.381. The molecule has 3 rings (SSSR count). The summed E-state index contributed by atoms with van der Waals surface area (Å²) in [7, 11) is 2.78. The van der Waals surface area contributed by atoms with Crippen LogP contribution in [0, 0.1) is 10.1 Å². The van der Waals surface area contributed by atoms with E-state index in [9.17, 15) is 20.0 Å². The molecule has 0 aliphatic carbocycles. The van der Waals surface area contributed by atoms with Crippen LogP contribution in [0.2, 0.25) is 0 Å². The molecule has 1 saturated heterocycles. The van der Waals surface area contributed by atoms with Crippen LogP contribution in [-0.4, -0.2) is 41.3 Å². The predicted molar refractivity (Wildman–Crippen MR) is 106 cm³/mol. The minimum absolute atomic E-state index is 0.0827. The van der Waals surface area contributed by atoms with E-state index in [0.717, 1.165) is 0 Å². The highest BCUT2D eigenvalue weighted by Gasteiger charge is 2.70. The third kappa shape index (κ3) is 3.09. The average molecular weight is 400 g/mol. The van der Waals surface area contributed by atoms with Gasteiger partial charge in [0.25, 0.3) is 0 Å². The van der Waals surface area contributed by atoms with Crippen molar-refractivity contribution in [2.75, 3.05) is 14.2 Å². The number of hydrogen-bond donors (Lipinski definition) is 2. The number of esters is 1. The van der Waals surface area contributed by atoms with Gasteiger partial charge < -0.3 is 14.6 Å². The molecule has 29 heavy (non-hydrogen) atoms. The van der Waals surface area contributed by atoms with Crippen molar-refractivity contribution in [1.82, 2.24) is 5.32 Å². The van der Waals surface area contributed by atoms with E-state index in [4.69, 9.17) is 9.47 Å². The molecule has 1 aliphatic rings. The standard InChI is InChI=1S/C21H24N2O6/c1-20(19(25)29-4)17(13-9-11-14(28-3)12-10-13)21(2,23(26)27)18(22-20)15-7-5-6-8-16(15)24/h5-12,17-18,22,24H,1-4H3. The monoisotopic (exact) mass is 400 g/mol. The summed E-state index contributed by atoms with van der Waals surface area (Å²) in [6, 6.07) is 12.3. The minimum Gasteiger partial charge on any atom is -0.508 e. The van der Waals surface area contributed by atoms with Gasteiger partial charge in [-0.3, -0.25) is 20.2 Å². The normalized spacial score (nSPS) is 28.7. The maximum Gasteiger partial charge on any atom is 0.326 e. The Kier molecular flexibility index (Phi) is 5.23. The molecule has 1 aliphatic heterocycles. The Morgan fingerprint density at radius 3 is 2.28 bits per heavy atom. The highest BCUT2D eigenvalue weighted by atomic mass is 16.6. The lowest BCUT2D eigenvalue weighted by atomic mass is 9.70. The molecule has 8 heteroatoms. The summed E-state index contributed by atoms with van der Waals surface area (Å²) in [5.74, 6) is -0.988. The Balaban J connectivity index is 2.26. The SMILES string of the molecule is COC(=O)C1(C)NC(c2ccccc2O)C(C)([N+](=O)[O-])C1c1ccc(OC)cc1. The Morgan fingerprint density at radius 1 is 1.14 bits per heavy atom. The quantitative estimate of drug-likeness (QED) is 0.451. The van der Waals surface area contributed by atoms with Gasteiger partial charge in [-0.15, -0.1) is 0 Å². The van der Waals surface area contributed by atoms with Crippen molar-refractivity contribution in [1.29, 1.82) is 0 Å². The summed E-state index contributed by atoms with van der Waals surface area (Å²) in [6.07, 6.45) is 0. The van der Waals surface area contributed by atoms with Gasteiger partial charge in [-0.25, -0.2) is 0 Å². The number of ether oxygens (including phenoxy) is 2. The first kappa shape index (κ1) is 20.6. The van der Waals surface area contributed by atoms with Crippen LogP contribution in [0.15, 0.2) is 48.5 Å². The topological polar surface area (TPSA) is 111 Å². The number of methoxy groups -OCH3 is 2. The molecule has 4 atom stereocenters. The highest BCUT2D eigenvalue weighted by molar-refractivity contribution is 5.83. The Hall–Kier alpha value is -3.13. The fourth-order valence-electron chi connectivity index (χ4n) is 4.47. The first-order chi connectivity index (χ1) is 13.7. The van der Waals surface area contributed by atoms with E-state index in [2.05, 4.69) is 5.32 Å². The maximum absolute atomic E-state index is 12.8. The number of phenols is 1. The largest absolute Gasteiger partial charge is 0.508 e. The van der Waals surface area contributed by atoms with Gasteiger partial charge in [0, 0.05) is 17.4 Å². The van der Waals surface area contributed by atoms with Gasteiger partial charge >= 0.3 is 5.97 Å². The molecule has 8 nitrogen and oxygen atoms in total. The molecule has 1 heterocycles. The predicted octanol–water partition coefficient (Wildman–Crippen LogP) is 2.80. The second-order valence-electron chi connectivity index (χ2n) is 7.52. The van der Waals surface area contributed by atoms with Crippen LogP contribution in [0.3, 0.4) is 0 Å². The molecular formula is C21H24N2O6. The van der Waals surface area contributed by atoms with E-state index in [1.54, 1.807) is 49.4 Å². The van der Waals surface area contributed by atoms with Gasteiger partial charge in [-0.2, -0.15) is 0 Å². The lowest BCUT2D eigenvalue weighted by Gasteiger charge is -2.32. The number of carbonyl (C=O) groups is 1. The number of phenolic OH excluding ortho intramolecular Hbond substituents is 1. The number of carbonyl (C=O) groups excluding carboxylic acids is 1. The molecule has 0 amide bonds. The lowest BCUT2D eigenvalue weighted by Crippen LogP contribution is -2.51. The number of nitro groups is 1. The van der Waals surface area contributed by atoms with Crippen LogP contribution in [-0.2, 0) is 9.53 Å². The van der Waals surface area contributed by atoms with Crippen molar-refractivity contribution >= 4 is 5.97 Å². The molecular weight excluding hydrogens is 376 g/mol. The molecule has 1 fully saturated rings. The maximum atomic E-state index is 12.8. The minimum atomic E-state index is -1.66. The molecule has 4 unspecified atom stereocenters. The van der Waals surface area contributed by atoms with Crippen molar-refractivity contribution in [2.45, 2.75) is 36.9 Å². The van der Waals surface area contributed by atoms with E-state index >= 15 is 0 Å². The highest BCUT2D eigenvalue weighted by Crippen LogP contribution is 2.54. The smallest absolute Gasteiger partial charge is 0.326 e. The van der Waals surface area contributed by atoms with Crippen LogP contribution in [0.4, 0.5) is 0 Å². The van der Waals surface area contributed by atoms with Crippen LogP contribution in [0.1, 0.15) is 36.9 Å². The number of nitrogens with one attached hydrogen (secondary N) is 1. The van der Waals surface area contributed by atoms with E-state index in [1.807, 2.05) is 0 Å². The Labute approximate surface area is 168 Å². The molecule has 2 N–H and O–H groups in total. The average Bonchev–Trinajstić information content (AvgIpc) is 2.97. The Bertz CT molecular complexity index is 931. The van der Waals surface area contributed by atoms with Crippen molar-refractivity contribution in [3.05, 3.63) is 69.8 Å². The molecule has 0 bridgehead atoms. The zero-order valence-corrected chi connectivity index (χ0v) is 16.7. The van der Waals surface area contributed by atoms with E-state index in [1.165, 1.54) is 27.2 Å². The summed E-state index contributed by atoms with van der Waals surface area (Å²) in [5.41, 5.74) is -2.13. The van der Waals surface area contributed by atoms with Gasteiger partial charge in [0.15, 0.2) is 0 Å². The molecule has 0 aromatic heterocycles. The van der Waals surface area contributed by atoms with Crippen molar-refractivity contribution < 1.29 is 24.3 Å². The molecule has 154 valence electrons. The van der Waals surface area contributed by atoms with Crippen LogP contribution < -0.4 is 10.1 Å². The zero-order valence-electron chi connectivity index (χ0n) is 16.7. The van der Waals surface area contributed by atoms with Crippen molar-refractivity contribution in [3.8, 4) is 11.5 Å². The number of benzene rings is 2. The first-order valence-corrected chi connectivity index (χ1v) is 9.12. The van der Waals surface area contributed by atoms with E-state index in [0.29, 0.717) is 16.9 Å². The lowest BCUT2D eigenvalue weighted by molar-refractivity contribution is -0.571. The molecule has 0 radical (unpaired) electrons. The summed E-state index contributed by atoms with van der Waals surface area (Å²) >= 11 is 0. The van der Waals surface area contributed by atoms with E-state index < -0.39 is 29.0 Å². The summed E-state index contributed by atoms with van der Waals surface area (Å²) in [5, 5.41) is 25.9. The van der Waals surface area contributed by atoms with Gasteiger partial charge in [0.05, 0.1) is 20.1 Å². The van der Waals surface area contributed by atoms with E-state index in [-0.39, 0.29) is 10.7 Å². The molecule has 2 aromatic rings. The molecule has 2 aromatic carbocycles. The third-order valence-corrected chi connectivity index (χ3v) is 5.89. The Morgan fingerprint density at radius 2 is 1.76 bits per heavy atom. The number of nitrogens with zero attached hydrogens (tertiary/aromatic N) is 1. The third-order valence-electron chi connectivity index (χ3n) is 5.89. The van der Waals surface area contributed by atoms with Gasteiger partial charge in [-0.05, 0) is 30.7 Å². The van der Waals surface area contributed by atoms with Gasteiger partial charge in [0.2, 0.25) is 5.54 Å². The number of aromatic hydroxyl groups is 1. The first-order valence-electron chi connectivity index (χ1n) is 9.12. The van der Waals surface area contributed by atoms with Crippen LogP contribution in [0.5, 0.6) is 11.5 Å². The number of rotatable bonds is 5. The number of para-hydroxylation sites is 1. The zero-order chi connectivity index (χ0) is 21.4. The number of hydrogen-bond acceptors (Lipinski definition) is 7. The molecule has 0 saturated carbocycles. The van der Waals surface area contributed by atoms with Crippen LogP contribution >= 0.6 is 0 Å². The summed E-state index contributed by atoms with van der Waals surface area (Å²) in [6.45, 7) is 3.08. The van der Waals surface area contributed by atoms with Crippen LogP contribution in [0.25, 0.3) is 0 Å². The van der Waals surface area contributed by atoms with Gasteiger partial charge in [0.1, 0.15) is 23.1 Å². The molecule has 0 spiro atoms. The van der Waals surface area contributed by atoms with Crippen molar-refractivity contribution in [3.63, 3.8) is 0 Å². The fourth-order valence-corrected chi connectivity index (χ4v) is 4.47. The second kappa shape index (κ2) is 7.36. The van der Waals surface area contributed by atoms with Gasteiger partial charge in [-0.1, -0.05) is 30.3 Å².